The van der Waals surface area contributed by atoms with E-state index in [0.29, 0.717) is 6.61 Å². The van der Waals surface area contributed by atoms with Crippen LogP contribution < -0.4 is 0 Å². The molecule has 0 radical (unpaired) electrons. The Morgan fingerprint density at radius 3 is 2.38 bits per heavy atom. The first-order valence-electron chi connectivity index (χ1n) is 7.37. The molecule has 0 aliphatic carbocycles. The molecule has 21 heavy (non-hydrogen) atoms. The lowest BCUT2D eigenvalue weighted by atomic mass is 9.97. The molecule has 0 aromatic heterocycles. The minimum atomic E-state index is -0.722. The lowest BCUT2D eigenvalue weighted by Gasteiger charge is -2.48. The Bertz CT molecular complexity index is 384. The Morgan fingerprint density at radius 1 is 1.00 bits per heavy atom. The zero-order valence-electron chi connectivity index (χ0n) is 12.9. The van der Waals surface area contributed by atoms with Gasteiger partial charge in [-0.25, -0.2) is 0 Å². The third-order valence-corrected chi connectivity index (χ3v) is 3.82. The van der Waals surface area contributed by atoms with Gasteiger partial charge in [-0.15, -0.1) is 0 Å². The number of aliphatic hydroxyl groups is 1. The second-order valence-corrected chi connectivity index (χ2v) is 6.50. The van der Waals surface area contributed by atoms with Crippen molar-refractivity contribution < 1.29 is 33.5 Å². The van der Waals surface area contributed by atoms with Gasteiger partial charge < -0.3 is 33.5 Å². The molecule has 0 bridgehead atoms. The van der Waals surface area contributed by atoms with Crippen LogP contribution in [-0.4, -0.2) is 67.2 Å². The molecule has 0 spiro atoms. The normalized spacial score (nSPS) is 44.1. The monoisotopic (exact) mass is 304 g/mol. The number of hydrogen-bond acceptors (Lipinski definition) is 7. The molecule has 3 aliphatic rings. The predicted molar refractivity (Wildman–Crippen MR) is 70.4 cm³/mol. The highest BCUT2D eigenvalue weighted by Gasteiger charge is 2.58. The molecule has 3 fully saturated rings. The van der Waals surface area contributed by atoms with E-state index in [1.165, 1.54) is 0 Å². The molecule has 0 aromatic rings. The average molecular weight is 304 g/mol. The summed E-state index contributed by atoms with van der Waals surface area (Å²) in [5, 5.41) is 8.94. The maximum atomic E-state index is 8.94. The van der Waals surface area contributed by atoms with Crippen LogP contribution in [0.1, 0.15) is 27.7 Å². The lowest BCUT2D eigenvalue weighted by Crippen LogP contribution is -2.63. The van der Waals surface area contributed by atoms with E-state index in [-0.39, 0.29) is 37.6 Å². The van der Waals surface area contributed by atoms with E-state index < -0.39 is 17.9 Å². The van der Waals surface area contributed by atoms with E-state index in [9.17, 15) is 0 Å². The molecule has 0 amide bonds. The van der Waals surface area contributed by atoms with Crippen molar-refractivity contribution in [3.63, 3.8) is 0 Å². The van der Waals surface area contributed by atoms with Crippen molar-refractivity contribution in [3.05, 3.63) is 0 Å². The molecule has 3 heterocycles. The maximum absolute atomic E-state index is 8.94. The molecule has 3 saturated heterocycles. The molecule has 1 N–H and O–H groups in total. The van der Waals surface area contributed by atoms with Crippen LogP contribution in [0.2, 0.25) is 0 Å². The lowest BCUT2D eigenvalue weighted by molar-refractivity contribution is -0.370. The molecular weight excluding hydrogens is 280 g/mol. The number of ether oxygens (including phenoxy) is 6. The molecular formula is C14H24O7. The summed E-state index contributed by atoms with van der Waals surface area (Å²) >= 11 is 0. The first kappa shape index (κ1) is 15.6. The summed E-state index contributed by atoms with van der Waals surface area (Å²) in [6.07, 6.45) is -1.82. The molecule has 7 nitrogen and oxygen atoms in total. The Labute approximate surface area is 124 Å². The molecule has 0 saturated carbocycles. The van der Waals surface area contributed by atoms with Crippen molar-refractivity contribution in [2.24, 2.45) is 0 Å². The minimum absolute atomic E-state index is 0.0738. The number of rotatable bonds is 3. The average Bonchev–Trinajstić information content (AvgIpc) is 2.71. The molecule has 7 heteroatoms. The van der Waals surface area contributed by atoms with Crippen LogP contribution in [0.15, 0.2) is 0 Å². The van der Waals surface area contributed by atoms with Crippen LogP contribution in [0.4, 0.5) is 0 Å². The first-order chi connectivity index (χ1) is 9.81. The van der Waals surface area contributed by atoms with Gasteiger partial charge in [-0.05, 0) is 27.7 Å². The maximum Gasteiger partial charge on any atom is 0.187 e. The fourth-order valence-electron chi connectivity index (χ4n) is 3.05. The Kier molecular flexibility index (Phi) is 4.03. The Balaban J connectivity index is 1.80. The predicted octanol–water partition coefficient (Wildman–Crippen LogP) is 0.392. The number of fused-ring (bicyclic) bond motifs is 3. The van der Waals surface area contributed by atoms with Gasteiger partial charge in [0.05, 0.1) is 19.8 Å². The van der Waals surface area contributed by atoms with Crippen LogP contribution >= 0.6 is 0 Å². The van der Waals surface area contributed by atoms with Gasteiger partial charge >= 0.3 is 0 Å². The van der Waals surface area contributed by atoms with Gasteiger partial charge in [0.2, 0.25) is 0 Å². The number of aliphatic hydroxyl groups excluding tert-OH is 1. The van der Waals surface area contributed by atoms with Gasteiger partial charge in [0.15, 0.2) is 17.9 Å². The van der Waals surface area contributed by atoms with E-state index >= 15 is 0 Å². The van der Waals surface area contributed by atoms with E-state index in [1.807, 2.05) is 27.7 Å². The van der Waals surface area contributed by atoms with E-state index in [0.717, 1.165) is 0 Å². The highest BCUT2D eigenvalue weighted by Crippen LogP contribution is 2.42. The van der Waals surface area contributed by atoms with Crippen molar-refractivity contribution in [2.75, 3.05) is 19.8 Å². The van der Waals surface area contributed by atoms with Gasteiger partial charge in [-0.2, -0.15) is 0 Å². The van der Waals surface area contributed by atoms with Crippen molar-refractivity contribution in [2.45, 2.75) is 70.0 Å². The van der Waals surface area contributed by atoms with Gasteiger partial charge in [0, 0.05) is 0 Å². The molecule has 122 valence electrons. The Morgan fingerprint density at radius 2 is 1.67 bits per heavy atom. The minimum Gasteiger partial charge on any atom is -0.394 e. The van der Waals surface area contributed by atoms with Crippen molar-refractivity contribution in [1.29, 1.82) is 0 Å². The zero-order chi connectivity index (χ0) is 15.3. The van der Waals surface area contributed by atoms with Gasteiger partial charge in [-0.1, -0.05) is 0 Å². The van der Waals surface area contributed by atoms with E-state index in [2.05, 4.69) is 0 Å². The van der Waals surface area contributed by atoms with Gasteiger partial charge in [0.1, 0.15) is 24.4 Å². The topological polar surface area (TPSA) is 75.6 Å². The van der Waals surface area contributed by atoms with Crippen molar-refractivity contribution in [3.8, 4) is 0 Å². The summed E-state index contributed by atoms with van der Waals surface area (Å²) in [5.74, 6) is -1.40. The highest BCUT2D eigenvalue weighted by atomic mass is 16.8. The van der Waals surface area contributed by atoms with Gasteiger partial charge in [-0.3, -0.25) is 0 Å². The van der Waals surface area contributed by atoms with Crippen LogP contribution in [0.3, 0.4) is 0 Å². The van der Waals surface area contributed by atoms with Crippen LogP contribution in [0.5, 0.6) is 0 Å². The van der Waals surface area contributed by atoms with E-state index in [1.54, 1.807) is 0 Å². The molecule has 3 rings (SSSR count). The highest BCUT2D eigenvalue weighted by molar-refractivity contribution is 4.99. The third kappa shape index (κ3) is 3.10. The summed E-state index contributed by atoms with van der Waals surface area (Å²) in [4.78, 5) is 0. The number of hydrogen-bond donors (Lipinski definition) is 1. The SMILES string of the molecule is CC1(C)O[C@@H]2[C@H](O1)[C@@H](OCCO)O[C@@H]1COC(C)(C)O[C@@H]21. The fourth-order valence-corrected chi connectivity index (χ4v) is 3.05. The molecule has 0 unspecified atom stereocenters. The summed E-state index contributed by atoms with van der Waals surface area (Å²) in [6.45, 7) is 7.96. The molecule has 3 aliphatic heterocycles. The second-order valence-electron chi connectivity index (χ2n) is 6.50. The Hall–Kier alpha value is -0.280. The van der Waals surface area contributed by atoms with Crippen LogP contribution in [-0.2, 0) is 28.4 Å². The van der Waals surface area contributed by atoms with Crippen LogP contribution in [0.25, 0.3) is 0 Å². The molecule has 5 atom stereocenters. The van der Waals surface area contributed by atoms with Crippen molar-refractivity contribution >= 4 is 0 Å². The van der Waals surface area contributed by atoms with E-state index in [4.69, 9.17) is 33.5 Å². The first-order valence-corrected chi connectivity index (χ1v) is 7.37. The quantitative estimate of drug-likeness (QED) is 0.808. The molecule has 0 aromatic carbocycles. The third-order valence-electron chi connectivity index (χ3n) is 3.82. The second kappa shape index (κ2) is 5.42. The van der Waals surface area contributed by atoms with Crippen LogP contribution in [0, 0.1) is 0 Å². The largest absolute Gasteiger partial charge is 0.394 e. The van der Waals surface area contributed by atoms with Gasteiger partial charge in [0.25, 0.3) is 0 Å². The fraction of sp³-hybridized carbons (Fsp3) is 1.00. The standard InChI is InChI=1S/C14H24O7/c1-13(2)17-7-8-9(19-13)10-11(21-14(3,4)20-10)12(18-8)16-6-5-15/h8-12,15H,5-7H2,1-4H3/t8-,9-,10+,11+,12+/m1/s1. The summed E-state index contributed by atoms with van der Waals surface area (Å²) < 4.78 is 35.0. The smallest absolute Gasteiger partial charge is 0.187 e. The summed E-state index contributed by atoms with van der Waals surface area (Å²) in [7, 11) is 0. The van der Waals surface area contributed by atoms with Crippen molar-refractivity contribution in [1.82, 2.24) is 0 Å². The zero-order valence-corrected chi connectivity index (χ0v) is 12.9. The summed E-state index contributed by atoms with van der Waals surface area (Å²) in [6, 6.07) is 0. The summed E-state index contributed by atoms with van der Waals surface area (Å²) in [5.41, 5.74) is 0.